The molecular formula is C15H21Br2NO3. The molecule has 4 nitrogen and oxygen atoms in total. The molecule has 0 bridgehead atoms. The van der Waals surface area contributed by atoms with Gasteiger partial charge in [0, 0.05) is 36.2 Å². The predicted octanol–water partition coefficient (Wildman–Crippen LogP) is 3.24. The van der Waals surface area contributed by atoms with Gasteiger partial charge in [-0.15, -0.1) is 0 Å². The Labute approximate surface area is 142 Å². The molecule has 1 saturated heterocycles. The number of hydrogen-bond acceptors (Lipinski definition) is 4. The van der Waals surface area contributed by atoms with Crippen molar-refractivity contribution in [2.75, 3.05) is 19.8 Å². The maximum atomic E-state index is 10.5. The Kier molecular flexibility index (Phi) is 6.08. The number of hydrogen-bond donors (Lipinski definition) is 2. The molecule has 2 atom stereocenters. The van der Waals surface area contributed by atoms with Crippen molar-refractivity contribution in [2.24, 2.45) is 0 Å². The van der Waals surface area contributed by atoms with E-state index < -0.39 is 5.60 Å². The van der Waals surface area contributed by atoms with E-state index in [2.05, 4.69) is 37.2 Å². The largest absolute Gasteiger partial charge is 0.492 e. The highest BCUT2D eigenvalue weighted by atomic mass is 79.9. The monoisotopic (exact) mass is 421 g/mol. The molecule has 0 saturated carbocycles. The lowest BCUT2D eigenvalue weighted by atomic mass is 9.96. The average Bonchev–Trinajstić information content (AvgIpc) is 2.74. The Hall–Kier alpha value is -0.140. The molecule has 1 aromatic rings. The summed E-state index contributed by atoms with van der Waals surface area (Å²) in [4.78, 5) is 0. The van der Waals surface area contributed by atoms with Gasteiger partial charge in [0.25, 0.3) is 0 Å². The second-order valence-corrected chi connectivity index (χ2v) is 7.05. The molecular weight excluding hydrogens is 402 g/mol. The number of nitrogens with one attached hydrogen (secondary N) is 1. The molecule has 1 aromatic carbocycles. The molecule has 2 rings (SSSR count). The fourth-order valence-electron chi connectivity index (χ4n) is 2.47. The van der Waals surface area contributed by atoms with Gasteiger partial charge in [-0.1, -0.05) is 15.9 Å². The van der Waals surface area contributed by atoms with Crippen molar-refractivity contribution >= 4 is 31.9 Å². The first-order valence-corrected chi connectivity index (χ1v) is 8.70. The van der Waals surface area contributed by atoms with Gasteiger partial charge in [0.05, 0.1) is 17.2 Å². The lowest BCUT2D eigenvalue weighted by Crippen LogP contribution is -2.45. The highest BCUT2D eigenvalue weighted by Gasteiger charge is 2.39. The van der Waals surface area contributed by atoms with Gasteiger partial charge in [-0.05, 0) is 41.9 Å². The van der Waals surface area contributed by atoms with E-state index in [-0.39, 0.29) is 6.10 Å². The van der Waals surface area contributed by atoms with Crippen molar-refractivity contribution < 1.29 is 14.6 Å². The molecule has 0 amide bonds. The van der Waals surface area contributed by atoms with Crippen molar-refractivity contribution in [3.8, 4) is 5.75 Å². The summed E-state index contributed by atoms with van der Waals surface area (Å²) in [7, 11) is 0. The minimum absolute atomic E-state index is 0.134. The highest BCUT2D eigenvalue weighted by molar-refractivity contribution is 9.11. The second kappa shape index (κ2) is 7.42. The number of benzene rings is 1. The van der Waals surface area contributed by atoms with E-state index >= 15 is 0 Å². The first-order valence-electron chi connectivity index (χ1n) is 7.11. The average molecular weight is 423 g/mol. The van der Waals surface area contributed by atoms with E-state index in [9.17, 15) is 5.11 Å². The number of ether oxygens (including phenoxy) is 2. The van der Waals surface area contributed by atoms with Crippen molar-refractivity contribution in [1.29, 1.82) is 0 Å². The normalized spacial score (nSPS) is 25.3. The van der Waals surface area contributed by atoms with Crippen molar-refractivity contribution in [2.45, 2.75) is 38.5 Å². The summed E-state index contributed by atoms with van der Waals surface area (Å²) in [5.41, 5.74) is 0.267. The lowest BCUT2D eigenvalue weighted by Gasteiger charge is -2.26. The van der Waals surface area contributed by atoms with Crippen LogP contribution in [0.4, 0.5) is 0 Å². The number of rotatable bonds is 6. The third kappa shape index (κ3) is 4.20. The molecule has 0 aliphatic carbocycles. The van der Waals surface area contributed by atoms with Gasteiger partial charge < -0.3 is 19.9 Å². The van der Waals surface area contributed by atoms with Gasteiger partial charge in [0.1, 0.15) is 11.4 Å². The number of aliphatic hydroxyl groups is 1. The fraction of sp³-hybridized carbons (Fsp3) is 0.600. The molecule has 21 heavy (non-hydrogen) atoms. The summed E-state index contributed by atoms with van der Waals surface area (Å²) < 4.78 is 13.1. The topological polar surface area (TPSA) is 50.7 Å². The molecule has 2 N–H and O–H groups in total. The highest BCUT2D eigenvalue weighted by Crippen LogP contribution is 2.33. The minimum atomic E-state index is -0.783. The minimum Gasteiger partial charge on any atom is -0.492 e. The second-order valence-electron chi connectivity index (χ2n) is 5.28. The lowest BCUT2D eigenvalue weighted by molar-refractivity contribution is -0.0263. The maximum absolute atomic E-state index is 10.5. The van der Waals surface area contributed by atoms with Crippen LogP contribution in [0, 0.1) is 0 Å². The Morgan fingerprint density at radius 3 is 2.86 bits per heavy atom. The third-order valence-electron chi connectivity index (χ3n) is 3.78. The quantitative estimate of drug-likeness (QED) is 0.738. The van der Waals surface area contributed by atoms with Crippen LogP contribution in [-0.4, -0.2) is 36.6 Å². The third-order valence-corrected chi connectivity index (χ3v) is 4.83. The van der Waals surface area contributed by atoms with Crippen LogP contribution in [0.2, 0.25) is 0 Å². The van der Waals surface area contributed by atoms with Crippen LogP contribution < -0.4 is 10.1 Å². The predicted molar refractivity (Wildman–Crippen MR) is 89.7 cm³/mol. The molecule has 6 heteroatoms. The first-order chi connectivity index (χ1) is 9.96. The Morgan fingerprint density at radius 2 is 2.24 bits per heavy atom. The van der Waals surface area contributed by atoms with Gasteiger partial charge >= 0.3 is 0 Å². The zero-order valence-electron chi connectivity index (χ0n) is 12.3. The molecule has 1 heterocycles. The van der Waals surface area contributed by atoms with E-state index in [4.69, 9.17) is 9.47 Å². The van der Waals surface area contributed by atoms with Crippen LogP contribution >= 0.6 is 31.9 Å². The van der Waals surface area contributed by atoms with E-state index in [0.717, 1.165) is 20.3 Å². The molecule has 118 valence electrons. The first kappa shape index (κ1) is 17.2. The number of halogens is 2. The van der Waals surface area contributed by atoms with Gasteiger partial charge in [0.15, 0.2) is 0 Å². The zero-order chi connectivity index (χ0) is 15.5. The smallest absolute Gasteiger partial charge is 0.138 e. The van der Waals surface area contributed by atoms with E-state index in [1.54, 1.807) is 0 Å². The standard InChI is InChI=1S/C15H21Br2NO3/c1-3-20-14-11(6-12(16)7-13(14)17)8-18-9-15(19)4-5-21-10(15)2/h6-7,10,18-19H,3-5,8-9H2,1-2H3. The van der Waals surface area contributed by atoms with Crippen LogP contribution in [-0.2, 0) is 11.3 Å². The fourth-order valence-corrected chi connectivity index (χ4v) is 3.90. The summed E-state index contributed by atoms with van der Waals surface area (Å²) >= 11 is 7.02. The van der Waals surface area contributed by atoms with Gasteiger partial charge in [-0.3, -0.25) is 0 Å². The molecule has 0 radical (unpaired) electrons. The van der Waals surface area contributed by atoms with E-state index in [1.165, 1.54) is 0 Å². The van der Waals surface area contributed by atoms with Crippen molar-refractivity contribution in [3.63, 3.8) is 0 Å². The molecule has 0 aromatic heterocycles. The summed E-state index contributed by atoms with van der Waals surface area (Å²) in [6.45, 7) is 6.24. The molecule has 1 fully saturated rings. The molecule has 1 aliphatic rings. The Bertz CT molecular complexity index is 498. The van der Waals surface area contributed by atoms with Crippen LogP contribution in [0.25, 0.3) is 0 Å². The van der Waals surface area contributed by atoms with Gasteiger partial charge in [0.2, 0.25) is 0 Å². The van der Waals surface area contributed by atoms with Crippen molar-refractivity contribution in [3.05, 3.63) is 26.6 Å². The Balaban J connectivity index is 2.02. The molecule has 1 aliphatic heterocycles. The van der Waals surface area contributed by atoms with E-state index in [1.807, 2.05) is 26.0 Å². The summed E-state index contributed by atoms with van der Waals surface area (Å²) in [5, 5.41) is 13.8. The van der Waals surface area contributed by atoms with E-state index in [0.29, 0.717) is 32.7 Å². The van der Waals surface area contributed by atoms with Crippen LogP contribution in [0.15, 0.2) is 21.1 Å². The van der Waals surface area contributed by atoms with Gasteiger partial charge in [-0.2, -0.15) is 0 Å². The summed E-state index contributed by atoms with van der Waals surface area (Å²) in [6.07, 6.45) is 0.535. The SMILES string of the molecule is CCOc1c(Br)cc(Br)cc1CNCC1(O)CCOC1C. The molecule has 2 unspecified atom stereocenters. The van der Waals surface area contributed by atoms with Gasteiger partial charge in [-0.25, -0.2) is 0 Å². The maximum Gasteiger partial charge on any atom is 0.138 e. The van der Waals surface area contributed by atoms with Crippen molar-refractivity contribution in [1.82, 2.24) is 5.32 Å². The van der Waals surface area contributed by atoms with Crippen LogP contribution in [0.5, 0.6) is 5.75 Å². The Morgan fingerprint density at radius 1 is 1.48 bits per heavy atom. The van der Waals surface area contributed by atoms with Crippen LogP contribution in [0.1, 0.15) is 25.8 Å². The zero-order valence-corrected chi connectivity index (χ0v) is 15.5. The summed E-state index contributed by atoms with van der Waals surface area (Å²) in [5.74, 6) is 0.843. The van der Waals surface area contributed by atoms with Crippen LogP contribution in [0.3, 0.4) is 0 Å². The molecule has 0 spiro atoms. The summed E-state index contributed by atoms with van der Waals surface area (Å²) in [6, 6.07) is 4.00.